The molecule has 0 radical (unpaired) electrons. The molecule has 3 aromatic carbocycles. The zero-order chi connectivity index (χ0) is 16.2. The maximum Gasteiger partial charge on any atom is 0.259 e. The molecule has 0 heterocycles. The Morgan fingerprint density at radius 3 is 2.39 bits per heavy atom. The lowest BCUT2D eigenvalue weighted by Crippen LogP contribution is -2.12. The van der Waals surface area contributed by atoms with E-state index in [1.165, 1.54) is 0 Å². The van der Waals surface area contributed by atoms with Gasteiger partial charge in [0.05, 0.1) is 5.56 Å². The van der Waals surface area contributed by atoms with Gasteiger partial charge in [0.2, 0.25) is 0 Å². The Bertz CT molecular complexity index is 917. The quantitative estimate of drug-likeness (QED) is 0.555. The average molecular weight is 320 g/mol. The highest BCUT2D eigenvalue weighted by atomic mass is 32.2. The van der Waals surface area contributed by atoms with Crippen molar-refractivity contribution < 1.29 is 9.90 Å². The second-order valence-corrected chi connectivity index (χ2v) is 5.66. The molecule has 4 nitrogen and oxygen atoms in total. The number of carbonyl (C=O) groups is 1. The van der Waals surface area contributed by atoms with Crippen LogP contribution >= 0.6 is 11.8 Å². The smallest absolute Gasteiger partial charge is 0.259 e. The van der Waals surface area contributed by atoms with Gasteiger partial charge in [-0.05, 0) is 30.0 Å². The summed E-state index contributed by atoms with van der Waals surface area (Å²) < 4.78 is 0. The van der Waals surface area contributed by atoms with Gasteiger partial charge >= 0.3 is 0 Å². The van der Waals surface area contributed by atoms with Crippen LogP contribution < -0.4 is 5.32 Å². The average Bonchev–Trinajstić information content (AvgIpc) is 2.58. The Kier molecular flexibility index (Phi) is 4.18. The van der Waals surface area contributed by atoms with Gasteiger partial charge in [0.15, 0.2) is 0 Å². The monoisotopic (exact) mass is 320 g/mol. The molecule has 0 saturated heterocycles. The third kappa shape index (κ3) is 2.98. The number of carbonyl (C=O) groups excluding carboxylic acids is 1. The van der Waals surface area contributed by atoms with E-state index in [1.807, 2.05) is 35.7 Å². The molecule has 112 valence electrons. The molecule has 0 aliphatic carbocycles. The molecule has 0 saturated carbocycles. The Labute approximate surface area is 137 Å². The number of fused-ring (bicyclic) bond motifs is 1. The molecule has 1 amide bonds. The first-order valence-electron chi connectivity index (χ1n) is 6.87. The Hall–Kier alpha value is -2.97. The number of para-hydroxylation sites is 1. The van der Waals surface area contributed by atoms with E-state index in [1.54, 1.807) is 30.3 Å². The van der Waals surface area contributed by atoms with Crippen molar-refractivity contribution in [3.63, 3.8) is 0 Å². The number of hydrogen-bond donors (Lipinski definition) is 2. The van der Waals surface area contributed by atoms with Crippen molar-refractivity contribution in [3.05, 3.63) is 66.2 Å². The number of hydrogen-bond acceptors (Lipinski definition) is 4. The summed E-state index contributed by atoms with van der Waals surface area (Å²) in [5.74, 6) is -0.504. The minimum Gasteiger partial charge on any atom is -0.506 e. The van der Waals surface area contributed by atoms with Crippen LogP contribution in [0.4, 0.5) is 5.69 Å². The van der Waals surface area contributed by atoms with Crippen molar-refractivity contribution in [2.75, 3.05) is 5.32 Å². The maximum atomic E-state index is 12.5. The van der Waals surface area contributed by atoms with Crippen molar-refractivity contribution in [1.29, 1.82) is 5.26 Å². The van der Waals surface area contributed by atoms with Crippen LogP contribution in [-0.2, 0) is 0 Å². The SMILES string of the molecule is N#CSc1cc(C(=O)Nc2ccccc2)c(O)c2ccccc12. The molecular weight excluding hydrogens is 308 g/mol. The van der Waals surface area contributed by atoms with Gasteiger partial charge in [0.1, 0.15) is 11.2 Å². The van der Waals surface area contributed by atoms with Gasteiger partial charge in [-0.1, -0.05) is 42.5 Å². The van der Waals surface area contributed by atoms with Crippen molar-refractivity contribution >= 4 is 34.1 Å². The summed E-state index contributed by atoms with van der Waals surface area (Å²) in [7, 11) is 0. The van der Waals surface area contributed by atoms with Gasteiger partial charge in [-0.25, -0.2) is 0 Å². The fourth-order valence-electron chi connectivity index (χ4n) is 2.35. The molecule has 0 spiro atoms. The number of nitrogens with one attached hydrogen (secondary N) is 1. The summed E-state index contributed by atoms with van der Waals surface area (Å²) in [6.45, 7) is 0. The van der Waals surface area contributed by atoms with Crippen LogP contribution in [-0.4, -0.2) is 11.0 Å². The van der Waals surface area contributed by atoms with Gasteiger partial charge < -0.3 is 10.4 Å². The van der Waals surface area contributed by atoms with Crippen molar-refractivity contribution in [3.8, 4) is 11.2 Å². The summed E-state index contributed by atoms with van der Waals surface area (Å²) in [5.41, 5.74) is 0.782. The molecule has 0 aliphatic heterocycles. The van der Waals surface area contributed by atoms with Crippen LogP contribution in [0, 0.1) is 10.7 Å². The fraction of sp³-hybridized carbons (Fsp3) is 0. The number of nitriles is 1. The van der Waals surface area contributed by atoms with E-state index in [0.29, 0.717) is 16.0 Å². The number of rotatable bonds is 3. The zero-order valence-electron chi connectivity index (χ0n) is 12.0. The van der Waals surface area contributed by atoms with Gasteiger partial charge in [-0.15, -0.1) is 0 Å². The molecule has 5 heteroatoms. The van der Waals surface area contributed by atoms with E-state index in [0.717, 1.165) is 17.1 Å². The zero-order valence-corrected chi connectivity index (χ0v) is 12.8. The predicted octanol–water partition coefficient (Wildman–Crippen LogP) is 4.37. The van der Waals surface area contributed by atoms with E-state index >= 15 is 0 Å². The summed E-state index contributed by atoms with van der Waals surface area (Å²) in [6.07, 6.45) is 0. The first kappa shape index (κ1) is 14.9. The van der Waals surface area contributed by atoms with Crippen LogP contribution in [0.5, 0.6) is 5.75 Å². The largest absolute Gasteiger partial charge is 0.506 e. The summed E-state index contributed by atoms with van der Waals surface area (Å²) in [6, 6.07) is 17.7. The number of nitrogens with zero attached hydrogens (tertiary/aromatic N) is 1. The fourth-order valence-corrected chi connectivity index (χ4v) is 2.92. The number of amides is 1. The number of phenols is 1. The third-order valence-electron chi connectivity index (χ3n) is 3.41. The number of aromatic hydroxyl groups is 1. The summed E-state index contributed by atoms with van der Waals surface area (Å²) in [4.78, 5) is 13.1. The highest BCUT2D eigenvalue weighted by molar-refractivity contribution is 8.04. The van der Waals surface area contributed by atoms with Crippen LogP contribution in [0.1, 0.15) is 10.4 Å². The molecule has 0 unspecified atom stereocenters. The maximum absolute atomic E-state index is 12.5. The van der Waals surface area contributed by atoms with Gasteiger partial charge in [-0.3, -0.25) is 4.79 Å². The van der Waals surface area contributed by atoms with Crippen molar-refractivity contribution in [2.24, 2.45) is 0 Å². The number of anilines is 1. The van der Waals surface area contributed by atoms with E-state index < -0.39 is 5.91 Å². The molecule has 0 atom stereocenters. The standard InChI is InChI=1S/C18H12N2O2S/c19-11-23-16-10-15(17(21)14-9-5-4-8-13(14)16)18(22)20-12-6-2-1-3-7-12/h1-10,21H,(H,20,22). The minimum atomic E-state index is -0.417. The number of thiocyanates is 1. The Balaban J connectivity index is 2.08. The van der Waals surface area contributed by atoms with E-state index in [4.69, 9.17) is 5.26 Å². The first-order valence-corrected chi connectivity index (χ1v) is 7.69. The molecule has 2 N–H and O–H groups in total. The van der Waals surface area contributed by atoms with Gasteiger partial charge in [0, 0.05) is 21.4 Å². The van der Waals surface area contributed by atoms with Gasteiger partial charge in [0.25, 0.3) is 5.91 Å². The number of phenolic OH excluding ortho intramolecular Hbond substituents is 1. The number of thioether (sulfide) groups is 1. The first-order chi connectivity index (χ1) is 11.2. The Morgan fingerprint density at radius 2 is 1.70 bits per heavy atom. The predicted molar refractivity (Wildman–Crippen MR) is 91.5 cm³/mol. The highest BCUT2D eigenvalue weighted by Gasteiger charge is 2.17. The van der Waals surface area contributed by atoms with E-state index in [9.17, 15) is 9.90 Å². The molecule has 0 fully saturated rings. The van der Waals surface area contributed by atoms with Crippen molar-refractivity contribution in [1.82, 2.24) is 0 Å². The molecule has 0 bridgehead atoms. The topological polar surface area (TPSA) is 73.1 Å². The highest BCUT2D eigenvalue weighted by Crippen LogP contribution is 2.36. The van der Waals surface area contributed by atoms with E-state index in [-0.39, 0.29) is 11.3 Å². The molecular formula is C18H12N2O2S. The molecule has 0 aromatic heterocycles. The lowest BCUT2D eigenvalue weighted by molar-refractivity contribution is 0.102. The summed E-state index contributed by atoms with van der Waals surface area (Å²) >= 11 is 0.966. The van der Waals surface area contributed by atoms with Crippen molar-refractivity contribution in [2.45, 2.75) is 4.90 Å². The minimum absolute atomic E-state index is 0.0867. The third-order valence-corrected chi connectivity index (χ3v) is 4.06. The molecule has 0 aliphatic rings. The number of benzene rings is 3. The van der Waals surface area contributed by atoms with Gasteiger partial charge in [-0.2, -0.15) is 5.26 Å². The normalized spacial score (nSPS) is 10.2. The van der Waals surface area contributed by atoms with Crippen LogP contribution in [0.15, 0.2) is 65.6 Å². The van der Waals surface area contributed by atoms with E-state index in [2.05, 4.69) is 5.32 Å². The second kappa shape index (κ2) is 6.42. The van der Waals surface area contributed by atoms with Crippen LogP contribution in [0.2, 0.25) is 0 Å². The molecule has 3 aromatic rings. The second-order valence-electron chi connectivity index (χ2n) is 4.83. The van der Waals surface area contributed by atoms with Crippen LogP contribution in [0.3, 0.4) is 0 Å². The molecule has 3 rings (SSSR count). The molecule has 23 heavy (non-hydrogen) atoms. The van der Waals surface area contributed by atoms with Crippen LogP contribution in [0.25, 0.3) is 10.8 Å². The Morgan fingerprint density at radius 1 is 1.04 bits per heavy atom. The lowest BCUT2D eigenvalue weighted by Gasteiger charge is -2.11. The lowest BCUT2D eigenvalue weighted by atomic mass is 10.0. The summed E-state index contributed by atoms with van der Waals surface area (Å²) in [5, 5.41) is 25.4.